The average Bonchev–Trinajstić information content (AvgIpc) is 2.53. The first-order valence-corrected chi connectivity index (χ1v) is 5.84. The number of Topliss-reactive ketones (excluding diaryl/α,β-unsaturated/α-hetero) is 1. The van der Waals surface area contributed by atoms with Crippen LogP contribution in [0.4, 0.5) is 0 Å². The van der Waals surface area contributed by atoms with Crippen molar-refractivity contribution in [2.45, 2.75) is 45.6 Å². The Morgan fingerprint density at radius 1 is 1.56 bits per heavy atom. The molecule has 0 N–H and O–H groups in total. The second kappa shape index (κ2) is 6.31. The largest absolute Gasteiger partial charge is 0.494 e. The number of carbonyl (C=O) groups is 1. The van der Waals surface area contributed by atoms with Crippen molar-refractivity contribution in [2.24, 2.45) is 0 Å². The van der Waals surface area contributed by atoms with Gasteiger partial charge in [-0.15, -0.1) is 6.58 Å². The molecule has 0 spiro atoms. The first kappa shape index (κ1) is 12.8. The molecule has 0 bridgehead atoms. The topological polar surface area (TPSA) is 26.3 Å². The Morgan fingerprint density at radius 3 is 2.94 bits per heavy atom. The number of rotatable bonds is 6. The molecule has 1 atom stereocenters. The third-order valence-corrected chi connectivity index (χ3v) is 2.81. The average molecular weight is 220 g/mol. The molecule has 0 radical (unpaired) electrons. The van der Waals surface area contributed by atoms with Crippen LogP contribution in [0.25, 0.3) is 0 Å². The summed E-state index contributed by atoms with van der Waals surface area (Å²) in [6.07, 6.45) is 8.70. The predicted octanol–water partition coefficient (Wildman–Crippen LogP) is 3.55. The van der Waals surface area contributed by atoms with Gasteiger partial charge in [-0.3, -0.25) is 4.79 Å². The van der Waals surface area contributed by atoms with E-state index >= 15 is 0 Å². The van der Waals surface area contributed by atoms with Gasteiger partial charge in [0, 0.05) is 5.57 Å². The molecule has 0 aromatic heterocycles. The van der Waals surface area contributed by atoms with Crippen molar-refractivity contribution in [2.75, 3.05) is 0 Å². The van der Waals surface area contributed by atoms with Crippen molar-refractivity contribution in [3.63, 3.8) is 0 Å². The second-order valence-corrected chi connectivity index (χ2v) is 4.07. The quantitative estimate of drug-likeness (QED) is 0.505. The van der Waals surface area contributed by atoms with E-state index in [1.54, 1.807) is 12.3 Å². The Morgan fingerprint density at radius 2 is 2.31 bits per heavy atom. The molecule has 2 nitrogen and oxygen atoms in total. The standard InChI is InChI=1S/C14H20O2/c1-4-6-7-9-16-14-10-13(15)12(8-5-2)11(14)3/h5,7,9,14H,2,4,6,8,10H2,1,3H3. The van der Waals surface area contributed by atoms with E-state index in [0.717, 1.165) is 24.0 Å². The fraction of sp³-hybridized carbons (Fsp3) is 0.500. The molecular weight excluding hydrogens is 200 g/mol. The zero-order chi connectivity index (χ0) is 12.0. The molecule has 1 aliphatic rings. The van der Waals surface area contributed by atoms with Crippen LogP contribution in [0.1, 0.15) is 39.5 Å². The Labute approximate surface area is 97.7 Å². The van der Waals surface area contributed by atoms with Crippen molar-refractivity contribution in [1.29, 1.82) is 0 Å². The molecule has 1 unspecified atom stereocenters. The first-order chi connectivity index (χ1) is 7.70. The fourth-order valence-electron chi connectivity index (χ4n) is 1.81. The molecule has 0 aromatic rings. The lowest BCUT2D eigenvalue weighted by Crippen LogP contribution is -2.08. The van der Waals surface area contributed by atoms with Crippen molar-refractivity contribution >= 4 is 5.78 Å². The van der Waals surface area contributed by atoms with Gasteiger partial charge >= 0.3 is 0 Å². The SMILES string of the molecule is C=CCC1=C(C)C(OC=CCCC)CC1=O. The lowest BCUT2D eigenvalue weighted by molar-refractivity contribution is -0.116. The van der Waals surface area contributed by atoms with Gasteiger partial charge in [0.15, 0.2) is 5.78 Å². The van der Waals surface area contributed by atoms with E-state index in [1.165, 1.54) is 0 Å². The molecule has 88 valence electrons. The molecule has 0 amide bonds. The van der Waals surface area contributed by atoms with Crippen molar-refractivity contribution in [3.05, 3.63) is 36.1 Å². The van der Waals surface area contributed by atoms with E-state index < -0.39 is 0 Å². The maximum absolute atomic E-state index is 11.7. The van der Waals surface area contributed by atoms with Crippen molar-refractivity contribution in [1.82, 2.24) is 0 Å². The Hall–Kier alpha value is -1.31. The third-order valence-electron chi connectivity index (χ3n) is 2.81. The van der Waals surface area contributed by atoms with Crippen LogP contribution in [0.3, 0.4) is 0 Å². The maximum Gasteiger partial charge on any atom is 0.163 e. The molecule has 0 aliphatic heterocycles. The highest BCUT2D eigenvalue weighted by molar-refractivity contribution is 5.99. The normalized spacial score (nSPS) is 20.9. The summed E-state index contributed by atoms with van der Waals surface area (Å²) in [7, 11) is 0. The molecular formula is C14H20O2. The number of hydrogen-bond acceptors (Lipinski definition) is 2. The van der Waals surface area contributed by atoms with Gasteiger partial charge in [-0.25, -0.2) is 0 Å². The smallest absolute Gasteiger partial charge is 0.163 e. The number of ether oxygens (including phenoxy) is 1. The summed E-state index contributed by atoms with van der Waals surface area (Å²) >= 11 is 0. The van der Waals surface area contributed by atoms with Gasteiger partial charge in [-0.2, -0.15) is 0 Å². The molecule has 1 rings (SSSR count). The molecule has 0 heterocycles. The predicted molar refractivity (Wildman–Crippen MR) is 66.1 cm³/mol. The minimum absolute atomic E-state index is 0.0597. The summed E-state index contributed by atoms with van der Waals surface area (Å²) in [5.41, 5.74) is 1.94. The number of ketones is 1. The van der Waals surface area contributed by atoms with Crippen LogP contribution in [0.2, 0.25) is 0 Å². The first-order valence-electron chi connectivity index (χ1n) is 5.84. The molecule has 0 aromatic carbocycles. The zero-order valence-electron chi connectivity index (χ0n) is 10.2. The summed E-state index contributed by atoms with van der Waals surface area (Å²) in [5.74, 6) is 0.200. The van der Waals surface area contributed by atoms with E-state index in [9.17, 15) is 4.79 Å². The third kappa shape index (κ3) is 3.09. The van der Waals surface area contributed by atoms with E-state index in [4.69, 9.17) is 4.74 Å². The molecule has 0 fully saturated rings. The van der Waals surface area contributed by atoms with Crippen LogP contribution in [-0.4, -0.2) is 11.9 Å². The van der Waals surface area contributed by atoms with Crippen molar-refractivity contribution in [3.8, 4) is 0 Å². The van der Waals surface area contributed by atoms with E-state index in [2.05, 4.69) is 13.5 Å². The van der Waals surface area contributed by atoms with Gasteiger partial charge in [-0.05, 0) is 31.4 Å². The van der Waals surface area contributed by atoms with Gasteiger partial charge in [0.25, 0.3) is 0 Å². The van der Waals surface area contributed by atoms with E-state index in [0.29, 0.717) is 12.8 Å². The van der Waals surface area contributed by atoms with E-state index in [1.807, 2.05) is 13.0 Å². The number of hydrogen-bond donors (Lipinski definition) is 0. The Balaban J connectivity index is 2.57. The molecule has 0 saturated carbocycles. The van der Waals surface area contributed by atoms with Gasteiger partial charge in [0.1, 0.15) is 6.10 Å². The minimum atomic E-state index is -0.0597. The summed E-state index contributed by atoms with van der Waals surface area (Å²) < 4.78 is 5.57. The van der Waals surface area contributed by atoms with Crippen LogP contribution in [0, 0.1) is 0 Å². The van der Waals surface area contributed by atoms with Gasteiger partial charge < -0.3 is 4.74 Å². The summed E-state index contributed by atoms with van der Waals surface area (Å²) in [6, 6.07) is 0. The van der Waals surface area contributed by atoms with Crippen molar-refractivity contribution < 1.29 is 9.53 Å². The minimum Gasteiger partial charge on any atom is -0.494 e. The zero-order valence-corrected chi connectivity index (χ0v) is 10.2. The fourth-order valence-corrected chi connectivity index (χ4v) is 1.81. The second-order valence-electron chi connectivity index (χ2n) is 4.07. The Bertz CT molecular complexity index is 324. The number of allylic oxidation sites excluding steroid dienone is 3. The van der Waals surface area contributed by atoms with E-state index in [-0.39, 0.29) is 11.9 Å². The highest BCUT2D eigenvalue weighted by atomic mass is 16.5. The van der Waals surface area contributed by atoms with Crippen LogP contribution in [-0.2, 0) is 9.53 Å². The van der Waals surface area contributed by atoms with Crippen LogP contribution in [0.5, 0.6) is 0 Å². The molecule has 2 heteroatoms. The highest BCUT2D eigenvalue weighted by Crippen LogP contribution is 2.28. The van der Waals surface area contributed by atoms with Crippen LogP contribution >= 0.6 is 0 Å². The summed E-state index contributed by atoms with van der Waals surface area (Å²) in [5, 5.41) is 0. The molecule has 1 aliphatic carbocycles. The van der Waals surface area contributed by atoms with Crippen LogP contribution < -0.4 is 0 Å². The van der Waals surface area contributed by atoms with Gasteiger partial charge in [0.05, 0.1) is 12.7 Å². The molecule has 0 saturated heterocycles. The van der Waals surface area contributed by atoms with Gasteiger partial charge in [-0.1, -0.05) is 19.4 Å². The highest BCUT2D eigenvalue weighted by Gasteiger charge is 2.29. The van der Waals surface area contributed by atoms with Crippen LogP contribution in [0.15, 0.2) is 36.1 Å². The number of unbranched alkanes of at least 4 members (excludes halogenated alkanes) is 1. The Kier molecular flexibility index (Phi) is 5.03. The maximum atomic E-state index is 11.7. The number of carbonyl (C=O) groups excluding carboxylic acids is 1. The molecule has 16 heavy (non-hydrogen) atoms. The monoisotopic (exact) mass is 220 g/mol. The van der Waals surface area contributed by atoms with Gasteiger partial charge in [0.2, 0.25) is 0 Å². The summed E-state index contributed by atoms with van der Waals surface area (Å²) in [4.78, 5) is 11.7. The summed E-state index contributed by atoms with van der Waals surface area (Å²) in [6.45, 7) is 7.76. The lowest BCUT2D eigenvalue weighted by atomic mass is 10.1. The lowest BCUT2D eigenvalue weighted by Gasteiger charge is -2.10.